The predicted octanol–water partition coefficient (Wildman–Crippen LogP) is 2.51. The van der Waals surface area contributed by atoms with Crippen LogP contribution in [0.4, 0.5) is 0 Å². The van der Waals surface area contributed by atoms with Crippen LogP contribution in [-0.4, -0.2) is 10.1 Å². The molecule has 71 valence electrons. The second kappa shape index (κ2) is 5.45. The molecule has 3 radical (unpaired) electrons. The number of phenols is 1. The Morgan fingerprint density at radius 1 is 1.00 bits per heavy atom. The van der Waals surface area contributed by atoms with Gasteiger partial charge in [0.05, 0.1) is 5.69 Å². The SMILES string of the molecule is [CH]c1cccc(-c2ccccc2O)n1.[La]. The number of para-hydroxylation sites is 1. The molecule has 0 spiro atoms. The molecule has 0 saturated carbocycles. The Morgan fingerprint density at radius 3 is 2.40 bits per heavy atom. The van der Waals surface area contributed by atoms with Crippen molar-refractivity contribution in [3.63, 3.8) is 0 Å². The van der Waals surface area contributed by atoms with E-state index in [9.17, 15) is 5.11 Å². The van der Waals surface area contributed by atoms with Crippen LogP contribution in [0.3, 0.4) is 0 Å². The van der Waals surface area contributed by atoms with Crippen molar-refractivity contribution >= 4 is 0 Å². The van der Waals surface area contributed by atoms with Crippen LogP contribution in [-0.2, 0) is 0 Å². The summed E-state index contributed by atoms with van der Waals surface area (Å²) < 4.78 is 0. The van der Waals surface area contributed by atoms with Crippen molar-refractivity contribution < 1.29 is 40.7 Å². The summed E-state index contributed by atoms with van der Waals surface area (Å²) in [5.41, 5.74) is 1.83. The summed E-state index contributed by atoms with van der Waals surface area (Å²) in [5, 5.41) is 9.57. The van der Waals surface area contributed by atoms with Crippen LogP contribution >= 0.6 is 0 Å². The van der Waals surface area contributed by atoms with Gasteiger partial charge in [0, 0.05) is 53.8 Å². The summed E-state index contributed by atoms with van der Waals surface area (Å²) >= 11 is 0. The second-order valence-corrected chi connectivity index (χ2v) is 2.96. The van der Waals surface area contributed by atoms with E-state index in [1.807, 2.05) is 18.2 Å². The predicted molar refractivity (Wildman–Crippen MR) is 54.7 cm³/mol. The molecule has 0 aliphatic rings. The van der Waals surface area contributed by atoms with Gasteiger partial charge in [-0.25, -0.2) is 0 Å². The fourth-order valence-corrected chi connectivity index (χ4v) is 1.29. The third kappa shape index (κ3) is 2.91. The average molecular weight is 322 g/mol. The fourth-order valence-electron chi connectivity index (χ4n) is 1.29. The molecule has 0 unspecified atom stereocenters. The molecule has 2 aromatic rings. The van der Waals surface area contributed by atoms with Crippen LogP contribution < -0.4 is 0 Å². The van der Waals surface area contributed by atoms with Gasteiger partial charge in [-0.1, -0.05) is 18.2 Å². The van der Waals surface area contributed by atoms with Gasteiger partial charge in [0.15, 0.2) is 0 Å². The maximum atomic E-state index is 9.57. The molecule has 2 rings (SSSR count). The van der Waals surface area contributed by atoms with Crippen molar-refractivity contribution in [3.8, 4) is 17.0 Å². The molecule has 0 aliphatic carbocycles. The van der Waals surface area contributed by atoms with Gasteiger partial charge in [0.25, 0.3) is 0 Å². The molecule has 15 heavy (non-hydrogen) atoms. The normalized spacial score (nSPS) is 9.40. The molecule has 1 N–H and O–H groups in total. The molecule has 0 bridgehead atoms. The largest absolute Gasteiger partial charge is 0.507 e. The molecule has 0 saturated heterocycles. The van der Waals surface area contributed by atoms with Crippen molar-refractivity contribution in [2.45, 2.75) is 0 Å². The summed E-state index contributed by atoms with van der Waals surface area (Å²) in [6.07, 6.45) is 0. The van der Waals surface area contributed by atoms with Gasteiger partial charge >= 0.3 is 0 Å². The molecular weight excluding hydrogens is 313 g/mol. The van der Waals surface area contributed by atoms with E-state index < -0.39 is 0 Å². The van der Waals surface area contributed by atoms with Crippen molar-refractivity contribution in [3.05, 3.63) is 55.1 Å². The van der Waals surface area contributed by atoms with Crippen molar-refractivity contribution in [2.75, 3.05) is 0 Å². The second-order valence-electron chi connectivity index (χ2n) is 2.96. The molecular formula is C12H9LaNO. The van der Waals surface area contributed by atoms with Gasteiger partial charge in [-0.15, -0.1) is 0 Å². The molecule has 0 atom stereocenters. The number of rotatable bonds is 1. The monoisotopic (exact) mass is 322 g/mol. The quantitative estimate of drug-likeness (QED) is 0.875. The Kier molecular flexibility index (Phi) is 4.52. The minimum absolute atomic E-state index is 0. The van der Waals surface area contributed by atoms with E-state index in [1.165, 1.54) is 0 Å². The summed E-state index contributed by atoms with van der Waals surface area (Å²) in [6.45, 7) is 5.55. The minimum Gasteiger partial charge on any atom is -0.507 e. The Morgan fingerprint density at radius 2 is 1.73 bits per heavy atom. The summed E-state index contributed by atoms with van der Waals surface area (Å²) in [5.74, 6) is 0.214. The van der Waals surface area contributed by atoms with Crippen LogP contribution in [0.25, 0.3) is 11.3 Å². The number of hydrogen-bond donors (Lipinski definition) is 1. The zero-order valence-corrected chi connectivity index (χ0v) is 11.7. The van der Waals surface area contributed by atoms with Gasteiger partial charge in [-0.05, 0) is 24.3 Å². The standard InChI is InChI=1S/C12H9NO.La/c1-9-5-4-7-11(13-9)10-6-2-3-8-12(10)14;/h1-8,14H;. The van der Waals surface area contributed by atoms with Gasteiger partial charge in [-0.2, -0.15) is 0 Å². The molecule has 0 fully saturated rings. The van der Waals surface area contributed by atoms with E-state index in [0.29, 0.717) is 17.0 Å². The molecule has 1 heterocycles. The number of nitrogens with zero attached hydrogens (tertiary/aromatic N) is 1. The van der Waals surface area contributed by atoms with Crippen molar-refractivity contribution in [1.29, 1.82) is 0 Å². The number of aromatic nitrogens is 1. The van der Waals surface area contributed by atoms with Gasteiger partial charge in [-0.3, -0.25) is 4.98 Å². The van der Waals surface area contributed by atoms with Crippen LogP contribution in [0.1, 0.15) is 5.69 Å². The van der Waals surface area contributed by atoms with Crippen LogP contribution in [0.15, 0.2) is 42.5 Å². The van der Waals surface area contributed by atoms with E-state index >= 15 is 0 Å². The molecule has 0 aliphatic heterocycles. The molecule has 0 amide bonds. The maximum absolute atomic E-state index is 9.57. The topological polar surface area (TPSA) is 33.1 Å². The first-order valence-electron chi connectivity index (χ1n) is 4.28. The summed E-state index contributed by atoms with van der Waals surface area (Å²) in [7, 11) is 0. The average Bonchev–Trinajstić information content (AvgIpc) is 2.18. The molecule has 1 aromatic carbocycles. The van der Waals surface area contributed by atoms with E-state index in [-0.39, 0.29) is 41.3 Å². The number of pyridine rings is 1. The molecule has 1 aromatic heterocycles. The fraction of sp³-hybridized carbons (Fsp3) is 0. The van der Waals surface area contributed by atoms with E-state index in [0.717, 1.165) is 0 Å². The Balaban J connectivity index is 0.00000112. The number of phenolic OH excluding ortho intramolecular Hbond substituents is 1. The van der Waals surface area contributed by atoms with Gasteiger partial charge in [0.2, 0.25) is 0 Å². The number of aromatic hydroxyl groups is 1. The summed E-state index contributed by atoms with van der Waals surface area (Å²) in [6, 6.07) is 12.4. The van der Waals surface area contributed by atoms with Crippen LogP contribution in [0, 0.1) is 42.5 Å². The Labute approximate surface area is 117 Å². The zero-order chi connectivity index (χ0) is 9.97. The van der Waals surface area contributed by atoms with E-state index in [1.54, 1.807) is 24.3 Å². The van der Waals surface area contributed by atoms with E-state index in [4.69, 9.17) is 6.92 Å². The molecule has 2 nitrogen and oxygen atoms in total. The first-order valence-corrected chi connectivity index (χ1v) is 4.28. The number of hydrogen-bond acceptors (Lipinski definition) is 2. The van der Waals surface area contributed by atoms with Crippen LogP contribution in [0.2, 0.25) is 0 Å². The number of benzene rings is 1. The van der Waals surface area contributed by atoms with Crippen LogP contribution in [0.5, 0.6) is 5.75 Å². The Hall–Kier alpha value is -0.635. The van der Waals surface area contributed by atoms with Crippen molar-refractivity contribution in [2.24, 2.45) is 0 Å². The maximum Gasteiger partial charge on any atom is 0.124 e. The van der Waals surface area contributed by atoms with E-state index in [2.05, 4.69) is 4.98 Å². The third-order valence-electron chi connectivity index (χ3n) is 1.95. The Bertz CT molecular complexity index is 457. The zero-order valence-electron chi connectivity index (χ0n) is 8.09. The summed E-state index contributed by atoms with van der Waals surface area (Å²) in [4.78, 5) is 4.12. The first-order chi connectivity index (χ1) is 6.77. The molecule has 3 heteroatoms. The van der Waals surface area contributed by atoms with Gasteiger partial charge < -0.3 is 5.11 Å². The van der Waals surface area contributed by atoms with Crippen molar-refractivity contribution in [1.82, 2.24) is 4.98 Å². The smallest absolute Gasteiger partial charge is 0.124 e. The van der Waals surface area contributed by atoms with Gasteiger partial charge in [0.1, 0.15) is 5.75 Å². The minimum atomic E-state index is 0. The third-order valence-corrected chi connectivity index (χ3v) is 1.95. The first kappa shape index (κ1) is 12.4.